The van der Waals surface area contributed by atoms with Gasteiger partial charge in [0.1, 0.15) is 0 Å². The third kappa shape index (κ3) is 6.81. The number of rotatable bonds is 9. The van der Waals surface area contributed by atoms with Gasteiger partial charge in [-0.25, -0.2) is 21.8 Å². The van der Waals surface area contributed by atoms with Crippen molar-refractivity contribution in [1.82, 2.24) is 9.55 Å². The number of sulfonamides is 2. The van der Waals surface area contributed by atoms with Crippen LogP contribution in [0.25, 0.3) is 11.3 Å². The average molecular weight is 479 g/mol. The Hall–Kier alpha value is -2.89. The topological polar surface area (TPSA) is 130 Å². The molecule has 3 rings (SSSR count). The number of imidazole rings is 1. The van der Waals surface area contributed by atoms with Crippen molar-refractivity contribution < 1.29 is 21.9 Å². The summed E-state index contributed by atoms with van der Waals surface area (Å²) in [6, 6.07) is 14.3. The average Bonchev–Trinajstić information content (AvgIpc) is 3.01. The van der Waals surface area contributed by atoms with E-state index in [2.05, 4.69) is 14.4 Å². The summed E-state index contributed by atoms with van der Waals surface area (Å²) in [5.74, 6) is 0. The molecule has 0 saturated heterocycles. The highest BCUT2D eigenvalue weighted by Crippen LogP contribution is 2.26. The van der Waals surface area contributed by atoms with Gasteiger partial charge < -0.3 is 9.67 Å². The number of aliphatic hydroxyl groups excluding tert-OH is 1. The predicted molar refractivity (Wildman–Crippen MR) is 126 cm³/mol. The molecule has 1 unspecified atom stereocenters. The number of benzene rings is 2. The second-order valence-corrected chi connectivity index (χ2v) is 11.3. The molecule has 0 amide bonds. The third-order valence-electron chi connectivity index (χ3n) is 4.43. The van der Waals surface area contributed by atoms with E-state index in [9.17, 15) is 21.9 Å². The normalized spacial score (nSPS) is 13.0. The molecule has 0 aliphatic rings. The SMILES string of the molecule is CC(O)Cc1c(-c2ccccc2)ncn1Cc1cc(NS(C)(=O)=O)cc(NS(C)(=O)=O)c1. The first-order valence-electron chi connectivity index (χ1n) is 9.76. The van der Waals surface area contributed by atoms with Gasteiger partial charge in [0.05, 0.1) is 42.0 Å². The maximum atomic E-state index is 11.7. The minimum Gasteiger partial charge on any atom is -0.393 e. The van der Waals surface area contributed by atoms with E-state index < -0.39 is 26.2 Å². The lowest BCUT2D eigenvalue weighted by Gasteiger charge is -2.15. The molecule has 0 spiro atoms. The Labute approximate surface area is 188 Å². The Bertz CT molecular complexity index is 1250. The van der Waals surface area contributed by atoms with Gasteiger partial charge in [0.25, 0.3) is 0 Å². The maximum absolute atomic E-state index is 11.7. The van der Waals surface area contributed by atoms with Crippen LogP contribution >= 0.6 is 0 Å². The minimum atomic E-state index is -3.56. The number of nitrogens with zero attached hydrogens (tertiary/aromatic N) is 2. The molecule has 1 heterocycles. The van der Waals surface area contributed by atoms with Crippen LogP contribution in [0.4, 0.5) is 11.4 Å². The molecule has 0 bridgehead atoms. The van der Waals surface area contributed by atoms with Crippen LogP contribution in [0.5, 0.6) is 0 Å². The summed E-state index contributed by atoms with van der Waals surface area (Å²) < 4.78 is 53.5. The first kappa shape index (κ1) is 23.8. The molecule has 1 aromatic heterocycles. The lowest BCUT2D eigenvalue weighted by Crippen LogP contribution is -2.14. The Morgan fingerprint density at radius 3 is 2.03 bits per heavy atom. The fraction of sp³-hybridized carbons (Fsp3) is 0.286. The fourth-order valence-electron chi connectivity index (χ4n) is 3.40. The molecule has 11 heteroatoms. The van der Waals surface area contributed by atoms with Crippen LogP contribution < -0.4 is 9.44 Å². The summed E-state index contributed by atoms with van der Waals surface area (Å²) in [5.41, 5.74) is 3.58. The van der Waals surface area contributed by atoms with Crippen molar-refractivity contribution in [3.63, 3.8) is 0 Å². The molecule has 1 atom stereocenters. The Morgan fingerprint density at radius 1 is 0.969 bits per heavy atom. The summed E-state index contributed by atoms with van der Waals surface area (Å²) in [6.07, 6.45) is 3.45. The highest BCUT2D eigenvalue weighted by atomic mass is 32.2. The van der Waals surface area contributed by atoms with Crippen molar-refractivity contribution >= 4 is 31.4 Å². The van der Waals surface area contributed by atoms with Gasteiger partial charge in [0.15, 0.2) is 0 Å². The minimum absolute atomic E-state index is 0.233. The summed E-state index contributed by atoms with van der Waals surface area (Å²) >= 11 is 0. The molecule has 3 aromatic rings. The van der Waals surface area contributed by atoms with Crippen molar-refractivity contribution in [2.45, 2.75) is 26.0 Å². The molecule has 9 nitrogen and oxygen atoms in total. The second kappa shape index (κ2) is 9.31. The zero-order valence-electron chi connectivity index (χ0n) is 18.0. The highest BCUT2D eigenvalue weighted by molar-refractivity contribution is 7.92. The largest absolute Gasteiger partial charge is 0.393 e. The van der Waals surface area contributed by atoms with Crippen LogP contribution in [0.15, 0.2) is 54.9 Å². The second-order valence-electron chi connectivity index (χ2n) is 7.75. The third-order valence-corrected chi connectivity index (χ3v) is 5.65. The number of anilines is 2. The number of aromatic nitrogens is 2. The molecule has 0 aliphatic carbocycles. The van der Waals surface area contributed by atoms with E-state index in [0.717, 1.165) is 29.5 Å². The number of hydrogen-bond acceptors (Lipinski definition) is 6. The van der Waals surface area contributed by atoms with Crippen LogP contribution in [0, 0.1) is 0 Å². The summed E-state index contributed by atoms with van der Waals surface area (Å²) in [5, 5.41) is 10.0. The van der Waals surface area contributed by atoms with Gasteiger partial charge in [-0.1, -0.05) is 30.3 Å². The molecule has 0 radical (unpaired) electrons. The van der Waals surface area contributed by atoms with Crippen molar-refractivity contribution in [1.29, 1.82) is 0 Å². The summed E-state index contributed by atoms with van der Waals surface area (Å²) in [7, 11) is -7.13. The first-order chi connectivity index (χ1) is 14.9. The number of nitrogens with one attached hydrogen (secondary N) is 2. The molecular weight excluding hydrogens is 452 g/mol. The van der Waals surface area contributed by atoms with Gasteiger partial charge in [-0.15, -0.1) is 0 Å². The van der Waals surface area contributed by atoms with Crippen LogP contribution in [-0.2, 0) is 33.0 Å². The van der Waals surface area contributed by atoms with E-state index in [1.54, 1.807) is 25.4 Å². The van der Waals surface area contributed by atoms with E-state index in [-0.39, 0.29) is 11.4 Å². The molecule has 3 N–H and O–H groups in total. The van der Waals surface area contributed by atoms with Crippen molar-refractivity contribution in [3.8, 4) is 11.3 Å². The van der Waals surface area contributed by atoms with Gasteiger partial charge >= 0.3 is 0 Å². The Kier molecular flexibility index (Phi) is 6.91. The van der Waals surface area contributed by atoms with Crippen molar-refractivity contribution in [3.05, 3.63) is 66.1 Å². The molecule has 2 aromatic carbocycles. The van der Waals surface area contributed by atoms with Crippen LogP contribution in [-0.4, -0.2) is 50.1 Å². The zero-order valence-corrected chi connectivity index (χ0v) is 19.6. The zero-order chi connectivity index (χ0) is 23.5. The van der Waals surface area contributed by atoms with Gasteiger partial charge in [0, 0.05) is 24.2 Å². The molecular formula is C21H26N4O5S2. The van der Waals surface area contributed by atoms with Crippen LogP contribution in [0.3, 0.4) is 0 Å². The van der Waals surface area contributed by atoms with Gasteiger partial charge in [-0.05, 0) is 30.7 Å². The maximum Gasteiger partial charge on any atom is 0.229 e. The highest BCUT2D eigenvalue weighted by Gasteiger charge is 2.16. The molecule has 32 heavy (non-hydrogen) atoms. The Morgan fingerprint density at radius 2 is 1.53 bits per heavy atom. The van der Waals surface area contributed by atoms with Crippen molar-refractivity contribution in [2.75, 3.05) is 22.0 Å². The lowest BCUT2D eigenvalue weighted by molar-refractivity contribution is 0.193. The van der Waals surface area contributed by atoms with Gasteiger partial charge in [0.2, 0.25) is 20.0 Å². The van der Waals surface area contributed by atoms with E-state index in [4.69, 9.17) is 0 Å². The van der Waals surface area contributed by atoms with Gasteiger partial charge in [-0.3, -0.25) is 9.44 Å². The number of aliphatic hydroxyl groups is 1. The van der Waals surface area contributed by atoms with E-state index in [1.807, 2.05) is 34.9 Å². The van der Waals surface area contributed by atoms with E-state index in [0.29, 0.717) is 18.5 Å². The standard InChI is InChI=1S/C21H26N4O5S2/c1-15(26)9-20-21(17-7-5-4-6-8-17)22-14-25(20)13-16-10-18(23-31(2,27)28)12-19(11-16)24-32(3,29)30/h4-8,10-12,14-15,23-24,26H,9,13H2,1-3H3. The van der Waals surface area contributed by atoms with E-state index >= 15 is 0 Å². The Balaban J connectivity index is 2.04. The summed E-state index contributed by atoms with van der Waals surface area (Å²) in [4.78, 5) is 4.53. The quantitative estimate of drug-likeness (QED) is 0.432. The first-order valence-corrected chi connectivity index (χ1v) is 13.5. The lowest BCUT2D eigenvalue weighted by atomic mass is 10.1. The fourth-order valence-corrected chi connectivity index (χ4v) is 4.49. The smallest absolute Gasteiger partial charge is 0.229 e. The summed E-state index contributed by atoms with van der Waals surface area (Å²) in [6.45, 7) is 1.98. The van der Waals surface area contributed by atoms with E-state index in [1.165, 1.54) is 6.07 Å². The number of hydrogen-bond donors (Lipinski definition) is 3. The van der Waals surface area contributed by atoms with Crippen LogP contribution in [0.1, 0.15) is 18.2 Å². The molecule has 172 valence electrons. The molecule has 0 saturated carbocycles. The van der Waals surface area contributed by atoms with Crippen LogP contribution in [0.2, 0.25) is 0 Å². The molecule has 0 aliphatic heterocycles. The molecule has 0 fully saturated rings. The predicted octanol–water partition coefficient (Wildman–Crippen LogP) is 2.26. The van der Waals surface area contributed by atoms with Gasteiger partial charge in [-0.2, -0.15) is 0 Å². The monoisotopic (exact) mass is 478 g/mol. The van der Waals surface area contributed by atoms with Crippen molar-refractivity contribution in [2.24, 2.45) is 0 Å².